The number of carbonyl (C=O) groups excluding carboxylic acids is 2. The Morgan fingerprint density at radius 1 is 0.762 bits per heavy atom. The van der Waals surface area contributed by atoms with Gasteiger partial charge in [0.2, 0.25) is 18.3 Å². The van der Waals surface area contributed by atoms with Crippen molar-refractivity contribution in [3.8, 4) is 57.1 Å². The average molecular weight is 875 g/mol. The van der Waals surface area contributed by atoms with Crippen LogP contribution in [0.3, 0.4) is 0 Å². The van der Waals surface area contributed by atoms with Crippen LogP contribution in [0.15, 0.2) is 82.5 Å². The molecule has 2 heterocycles. The van der Waals surface area contributed by atoms with Crippen molar-refractivity contribution in [3.05, 3.63) is 116 Å². The van der Waals surface area contributed by atoms with Crippen LogP contribution < -0.4 is 49.2 Å². The highest BCUT2D eigenvalue weighted by Crippen LogP contribution is 2.56. The molecule has 2 aliphatic carbocycles. The van der Waals surface area contributed by atoms with Crippen LogP contribution in [-0.4, -0.2) is 72.2 Å². The third-order valence-corrected chi connectivity index (χ3v) is 13.3. The first kappa shape index (κ1) is 41.6. The molecule has 9 rings (SSSR count). The quantitative estimate of drug-likeness (QED) is 0.0886. The molecule has 0 radical (unpaired) electrons. The number of esters is 1. The van der Waals surface area contributed by atoms with Gasteiger partial charge in [0.15, 0.2) is 39.9 Å². The molecular weight excluding hydrogens is 829 g/mol. The number of methoxy groups -OCH3 is 5. The molecule has 63 heavy (non-hydrogen) atoms. The van der Waals surface area contributed by atoms with Gasteiger partial charge in [-0.25, -0.2) is 0 Å². The van der Waals surface area contributed by atoms with Crippen LogP contribution in [-0.2, 0) is 16.0 Å². The van der Waals surface area contributed by atoms with Crippen molar-refractivity contribution in [1.29, 1.82) is 0 Å². The molecule has 0 unspecified atom stereocenters. The number of phenols is 1. The Kier molecular flexibility index (Phi) is 11.1. The number of cyclic esters (lactones) is 1. The predicted molar refractivity (Wildman–Crippen MR) is 234 cm³/mol. The van der Waals surface area contributed by atoms with Gasteiger partial charge in [-0.1, -0.05) is 6.07 Å². The van der Waals surface area contributed by atoms with Gasteiger partial charge in [-0.05, 0) is 119 Å². The fraction of sp³-hybridized carbons (Fsp3) is 0.312. The molecule has 0 aromatic heterocycles. The van der Waals surface area contributed by atoms with E-state index in [-0.39, 0.29) is 53.9 Å². The van der Waals surface area contributed by atoms with E-state index >= 15 is 0 Å². The summed E-state index contributed by atoms with van der Waals surface area (Å²) >= 11 is 1.36. The van der Waals surface area contributed by atoms with E-state index in [1.807, 2.05) is 42.7 Å². The van der Waals surface area contributed by atoms with Crippen molar-refractivity contribution in [2.24, 2.45) is 11.8 Å². The van der Waals surface area contributed by atoms with E-state index in [1.165, 1.54) is 26.0 Å². The second-order valence-corrected chi connectivity index (χ2v) is 16.5. The molecule has 14 nitrogen and oxygen atoms in total. The minimum absolute atomic E-state index is 0.0622. The molecule has 326 valence electrons. The van der Waals surface area contributed by atoms with Gasteiger partial charge in [-0.3, -0.25) is 14.4 Å². The molecule has 2 aliphatic heterocycles. The number of hydrogen-bond acceptors (Lipinski definition) is 14. The number of aromatic hydroxyl groups is 1. The number of hydrogen-bond donors (Lipinski definition) is 3. The van der Waals surface area contributed by atoms with E-state index in [1.54, 1.807) is 57.7 Å². The Bertz CT molecular complexity index is 2680. The molecule has 5 aromatic carbocycles. The number of amides is 1. The van der Waals surface area contributed by atoms with Crippen LogP contribution in [0.25, 0.3) is 11.1 Å². The first-order valence-corrected chi connectivity index (χ1v) is 21.6. The Balaban J connectivity index is 1.04. The first-order valence-electron chi connectivity index (χ1n) is 20.4. The SMILES string of the molecule is COc1cc([C@@H]2c3cc4c(cc3[C@@H](Nc3ccc(C(=O)N[C@H]5CCc6cc(OC)c(OC)c(OC)c6-c6ccc(SC)c(=O)cc65)cc3)[C@H]3COC(=O)[C@H]23)OCO4)cc(OC)c1O. The van der Waals surface area contributed by atoms with Crippen molar-refractivity contribution in [3.63, 3.8) is 0 Å². The molecule has 1 saturated heterocycles. The number of fused-ring (bicyclic) bond motifs is 6. The Labute approximate surface area is 367 Å². The standard InChI is InChI=1S/C48H46N2O12S/c1-55-36-16-25(17-37(56-2)44(36)52)40-29-19-34-35(62-22-61-34)20-30(29)43(31-21-60-48(54)42(31)40)49-26-10-7-23(8-11-26)47(53)50-32-13-9-24-15-38(57-3)45(58-4)46(59-5)41(24)27-12-14-39(63-6)33(51)18-28(27)32/h7-8,10-12,14-20,31-32,40,42-43,49,52H,9,13,21-22H2,1-6H3,(H,50,53)/t31-,32-,40+,42-,43+/m0/s1. The lowest BCUT2D eigenvalue weighted by molar-refractivity contribution is -0.141. The number of anilines is 1. The number of ether oxygens (including phenoxy) is 8. The van der Waals surface area contributed by atoms with E-state index in [0.717, 1.165) is 27.8 Å². The topological polar surface area (TPSA) is 169 Å². The van der Waals surface area contributed by atoms with E-state index in [4.69, 9.17) is 37.9 Å². The van der Waals surface area contributed by atoms with Gasteiger partial charge < -0.3 is 53.6 Å². The van der Waals surface area contributed by atoms with E-state index < -0.39 is 23.9 Å². The molecular formula is C48H46N2O12S. The normalized spacial score (nSPS) is 20.2. The molecule has 0 spiro atoms. The number of carbonyl (C=O) groups is 2. The highest BCUT2D eigenvalue weighted by Gasteiger charge is 2.53. The van der Waals surface area contributed by atoms with E-state index in [9.17, 15) is 19.5 Å². The lowest BCUT2D eigenvalue weighted by Crippen LogP contribution is -2.37. The van der Waals surface area contributed by atoms with Gasteiger partial charge in [0.25, 0.3) is 5.91 Å². The van der Waals surface area contributed by atoms with Gasteiger partial charge in [0.05, 0.1) is 65.1 Å². The summed E-state index contributed by atoms with van der Waals surface area (Å²) in [5.41, 5.74) is 6.50. The maximum Gasteiger partial charge on any atom is 0.310 e. The maximum absolute atomic E-state index is 14.2. The first-order chi connectivity index (χ1) is 30.6. The Morgan fingerprint density at radius 2 is 1.44 bits per heavy atom. The number of aryl methyl sites for hydroxylation is 1. The smallest absolute Gasteiger partial charge is 0.310 e. The van der Waals surface area contributed by atoms with Gasteiger partial charge >= 0.3 is 5.97 Å². The molecule has 0 saturated carbocycles. The van der Waals surface area contributed by atoms with Crippen LogP contribution in [0.1, 0.15) is 62.6 Å². The summed E-state index contributed by atoms with van der Waals surface area (Å²) in [6, 6.07) is 20.7. The summed E-state index contributed by atoms with van der Waals surface area (Å²) in [4.78, 5) is 42.0. The molecule has 0 bridgehead atoms. The number of benzene rings is 4. The third kappa shape index (κ3) is 7.13. The highest BCUT2D eigenvalue weighted by atomic mass is 32.2. The molecule has 4 aliphatic rings. The van der Waals surface area contributed by atoms with Crippen molar-refractivity contribution < 1.29 is 52.6 Å². The summed E-state index contributed by atoms with van der Waals surface area (Å²) in [5.74, 6) is 0.755. The molecule has 3 N–H and O–H groups in total. The molecule has 1 amide bonds. The van der Waals surface area contributed by atoms with Crippen molar-refractivity contribution >= 4 is 29.3 Å². The zero-order valence-electron chi connectivity index (χ0n) is 35.5. The Morgan fingerprint density at radius 3 is 2.10 bits per heavy atom. The molecule has 5 atom stereocenters. The number of phenolic OH excluding ortho intramolecular Hbond substituents is 1. The minimum Gasteiger partial charge on any atom is -0.502 e. The van der Waals surface area contributed by atoms with Crippen molar-refractivity contribution in [2.75, 3.05) is 60.5 Å². The van der Waals surface area contributed by atoms with E-state index in [2.05, 4.69) is 10.6 Å². The zero-order chi connectivity index (χ0) is 44.1. The van der Waals surface area contributed by atoms with Crippen LogP contribution in [0.2, 0.25) is 0 Å². The maximum atomic E-state index is 14.2. The van der Waals surface area contributed by atoms with Crippen LogP contribution >= 0.6 is 11.8 Å². The summed E-state index contributed by atoms with van der Waals surface area (Å²) in [6.45, 7) is 0.227. The fourth-order valence-electron chi connectivity index (χ4n) is 9.60. The number of rotatable bonds is 11. The third-order valence-electron chi connectivity index (χ3n) is 12.5. The summed E-state index contributed by atoms with van der Waals surface area (Å²) in [5, 5.41) is 17.6. The lowest BCUT2D eigenvalue weighted by Gasteiger charge is -2.40. The zero-order valence-corrected chi connectivity index (χ0v) is 36.3. The van der Waals surface area contributed by atoms with Gasteiger partial charge in [0.1, 0.15) is 0 Å². The summed E-state index contributed by atoms with van der Waals surface area (Å²) in [7, 11) is 7.61. The minimum atomic E-state index is -0.612. The Hall–Kier alpha value is -6.74. The van der Waals surface area contributed by atoms with Crippen molar-refractivity contribution in [2.45, 2.75) is 35.7 Å². The molecule has 15 heteroatoms. The largest absolute Gasteiger partial charge is 0.502 e. The summed E-state index contributed by atoms with van der Waals surface area (Å²) < 4.78 is 45.8. The molecule has 1 fully saturated rings. The van der Waals surface area contributed by atoms with Gasteiger partial charge in [0, 0.05) is 28.7 Å². The van der Waals surface area contributed by atoms with Gasteiger partial charge in [-0.2, -0.15) is 0 Å². The highest BCUT2D eigenvalue weighted by molar-refractivity contribution is 7.98. The lowest BCUT2D eigenvalue weighted by atomic mass is 9.65. The molecule has 5 aromatic rings. The van der Waals surface area contributed by atoms with Crippen molar-refractivity contribution in [1.82, 2.24) is 5.32 Å². The second-order valence-electron chi connectivity index (χ2n) is 15.6. The van der Waals surface area contributed by atoms with E-state index in [0.29, 0.717) is 68.9 Å². The van der Waals surface area contributed by atoms with Crippen LogP contribution in [0, 0.1) is 11.8 Å². The summed E-state index contributed by atoms with van der Waals surface area (Å²) in [6.07, 6.45) is 2.90. The predicted octanol–water partition coefficient (Wildman–Crippen LogP) is 7.42. The average Bonchev–Trinajstić information content (AvgIpc) is 3.85. The fourth-order valence-corrected chi connectivity index (χ4v) is 10.1. The van der Waals surface area contributed by atoms with Crippen LogP contribution in [0.5, 0.6) is 46.0 Å². The second kappa shape index (κ2) is 16.9. The van der Waals surface area contributed by atoms with Crippen LogP contribution in [0.4, 0.5) is 5.69 Å². The number of thioether (sulfide) groups is 1. The van der Waals surface area contributed by atoms with Gasteiger partial charge in [-0.15, -0.1) is 11.8 Å². The monoisotopic (exact) mass is 874 g/mol. The number of nitrogens with one attached hydrogen (secondary N) is 2.